The van der Waals surface area contributed by atoms with Crippen LogP contribution < -0.4 is 16.0 Å². The molecule has 4 N–H and O–H groups in total. The van der Waals surface area contributed by atoms with E-state index >= 15 is 0 Å². The quantitative estimate of drug-likeness (QED) is 0.557. The normalized spacial score (nSPS) is 11.7. The van der Waals surface area contributed by atoms with Gasteiger partial charge in [-0.05, 0) is 67.6 Å². The van der Waals surface area contributed by atoms with Crippen molar-refractivity contribution in [3.8, 4) is 5.75 Å². The van der Waals surface area contributed by atoms with Gasteiger partial charge in [0.15, 0.2) is 0 Å². The Hall–Kier alpha value is -3.02. The number of rotatable bonds is 8. The van der Waals surface area contributed by atoms with Crippen LogP contribution in [0.15, 0.2) is 48.5 Å². The summed E-state index contributed by atoms with van der Waals surface area (Å²) in [4.78, 5) is 24.2. The van der Waals surface area contributed by atoms with Crippen LogP contribution in [0.4, 0.5) is 10.5 Å². The monoisotopic (exact) mass is 383 g/mol. The van der Waals surface area contributed by atoms with E-state index in [4.69, 9.17) is 0 Å². The smallest absolute Gasteiger partial charge is 0.319 e. The second kappa shape index (κ2) is 10.3. The lowest BCUT2D eigenvalue weighted by atomic mass is 10.1. The Kier molecular flexibility index (Phi) is 7.87. The molecule has 0 aliphatic heterocycles. The third-order valence-corrected chi connectivity index (χ3v) is 4.26. The molecule has 28 heavy (non-hydrogen) atoms. The first-order valence-corrected chi connectivity index (χ1v) is 9.57. The summed E-state index contributed by atoms with van der Waals surface area (Å²) < 4.78 is 0. The summed E-state index contributed by atoms with van der Waals surface area (Å²) >= 11 is 0. The van der Waals surface area contributed by atoms with Crippen LogP contribution in [-0.2, 0) is 6.42 Å². The number of phenols is 1. The van der Waals surface area contributed by atoms with Crippen LogP contribution >= 0.6 is 0 Å². The number of carbonyl (C=O) groups is 2. The number of nitrogens with one attached hydrogen (secondary N) is 3. The molecule has 0 fully saturated rings. The number of hydrogen-bond donors (Lipinski definition) is 4. The number of urea groups is 1. The summed E-state index contributed by atoms with van der Waals surface area (Å²) in [6, 6.07) is 13.6. The molecule has 1 atom stereocenters. The number of hydrogen-bond acceptors (Lipinski definition) is 3. The molecule has 0 spiro atoms. The van der Waals surface area contributed by atoms with E-state index in [1.807, 2.05) is 32.9 Å². The molecule has 0 aliphatic rings. The number of benzene rings is 2. The second-order valence-electron chi connectivity index (χ2n) is 7.39. The van der Waals surface area contributed by atoms with Crippen LogP contribution in [0.3, 0.4) is 0 Å². The molecule has 0 aromatic heterocycles. The van der Waals surface area contributed by atoms with E-state index in [1.54, 1.807) is 36.4 Å². The van der Waals surface area contributed by atoms with Gasteiger partial charge in [0.05, 0.1) is 0 Å². The van der Waals surface area contributed by atoms with E-state index in [-0.39, 0.29) is 23.7 Å². The highest BCUT2D eigenvalue weighted by Gasteiger charge is 2.09. The molecular formula is C22H29N3O3. The van der Waals surface area contributed by atoms with Crippen LogP contribution in [0.1, 0.15) is 43.1 Å². The van der Waals surface area contributed by atoms with Crippen LogP contribution in [0, 0.1) is 5.92 Å². The Labute approximate surface area is 166 Å². The van der Waals surface area contributed by atoms with Crippen molar-refractivity contribution >= 4 is 17.6 Å². The third kappa shape index (κ3) is 7.31. The lowest BCUT2D eigenvalue weighted by Gasteiger charge is -2.15. The van der Waals surface area contributed by atoms with Gasteiger partial charge in [-0.1, -0.05) is 26.0 Å². The van der Waals surface area contributed by atoms with Crippen LogP contribution in [0.5, 0.6) is 5.75 Å². The van der Waals surface area contributed by atoms with E-state index in [1.165, 1.54) is 0 Å². The number of aromatic hydroxyl groups is 1. The SMILES string of the molecule is CC(C)CNC(=O)c1ccc(NC(=O)NC(C)CCc2ccc(O)cc2)cc1. The van der Waals surface area contributed by atoms with Gasteiger partial charge >= 0.3 is 6.03 Å². The Morgan fingerprint density at radius 3 is 2.21 bits per heavy atom. The Morgan fingerprint density at radius 2 is 1.61 bits per heavy atom. The zero-order valence-corrected chi connectivity index (χ0v) is 16.7. The standard InChI is InChI=1S/C22H29N3O3/c1-15(2)14-23-21(27)18-8-10-19(11-9-18)25-22(28)24-16(3)4-5-17-6-12-20(26)13-7-17/h6-13,15-16,26H,4-5,14H2,1-3H3,(H,23,27)(H2,24,25,28). The molecule has 1 unspecified atom stereocenters. The average Bonchev–Trinajstić information content (AvgIpc) is 2.66. The van der Waals surface area contributed by atoms with Crippen LogP contribution in [0.2, 0.25) is 0 Å². The van der Waals surface area contributed by atoms with Crippen molar-refractivity contribution in [2.24, 2.45) is 5.92 Å². The first-order valence-electron chi connectivity index (χ1n) is 9.57. The molecule has 6 nitrogen and oxygen atoms in total. The molecule has 0 heterocycles. The Balaban J connectivity index is 1.77. The van der Waals surface area contributed by atoms with E-state index in [9.17, 15) is 14.7 Å². The minimum absolute atomic E-state index is 0.00473. The molecule has 3 amide bonds. The Morgan fingerprint density at radius 1 is 0.964 bits per heavy atom. The topological polar surface area (TPSA) is 90.5 Å². The summed E-state index contributed by atoms with van der Waals surface area (Å²) in [5.41, 5.74) is 2.30. The van der Waals surface area contributed by atoms with E-state index in [2.05, 4.69) is 16.0 Å². The minimum Gasteiger partial charge on any atom is -0.508 e. The lowest BCUT2D eigenvalue weighted by Crippen LogP contribution is -2.36. The summed E-state index contributed by atoms with van der Waals surface area (Å²) in [6.45, 7) is 6.65. The molecule has 0 radical (unpaired) electrons. The number of carbonyl (C=O) groups excluding carboxylic acids is 2. The van der Waals surface area contributed by atoms with Crippen molar-refractivity contribution < 1.29 is 14.7 Å². The zero-order chi connectivity index (χ0) is 20.5. The average molecular weight is 383 g/mol. The predicted molar refractivity (Wildman–Crippen MR) is 112 cm³/mol. The molecule has 2 rings (SSSR count). The molecule has 2 aromatic carbocycles. The fourth-order valence-electron chi connectivity index (χ4n) is 2.61. The number of aryl methyl sites for hydroxylation is 1. The van der Waals surface area contributed by atoms with Crippen molar-refractivity contribution in [3.63, 3.8) is 0 Å². The van der Waals surface area contributed by atoms with Gasteiger partial charge in [0.1, 0.15) is 5.75 Å². The van der Waals surface area contributed by atoms with Crippen molar-refractivity contribution in [2.75, 3.05) is 11.9 Å². The minimum atomic E-state index is -0.282. The maximum absolute atomic E-state index is 12.1. The van der Waals surface area contributed by atoms with Crippen LogP contribution in [-0.4, -0.2) is 29.6 Å². The van der Waals surface area contributed by atoms with Crippen LogP contribution in [0.25, 0.3) is 0 Å². The summed E-state index contributed by atoms with van der Waals surface area (Å²) in [5.74, 6) is 0.523. The highest BCUT2D eigenvalue weighted by Crippen LogP contribution is 2.13. The Bertz CT molecular complexity index is 771. The first-order chi connectivity index (χ1) is 13.3. The van der Waals surface area contributed by atoms with Gasteiger partial charge in [-0.25, -0.2) is 4.79 Å². The summed E-state index contributed by atoms with van der Waals surface area (Å²) in [7, 11) is 0. The second-order valence-corrected chi connectivity index (χ2v) is 7.39. The first kappa shape index (κ1) is 21.3. The van der Waals surface area contributed by atoms with Gasteiger partial charge in [-0.15, -0.1) is 0 Å². The molecule has 0 aliphatic carbocycles. The highest BCUT2D eigenvalue weighted by molar-refractivity contribution is 5.95. The molecule has 150 valence electrons. The number of phenolic OH excluding ortho intramolecular Hbond substituents is 1. The number of amides is 3. The molecular weight excluding hydrogens is 354 g/mol. The van der Waals surface area contributed by atoms with Crippen molar-refractivity contribution in [1.29, 1.82) is 0 Å². The molecule has 0 bridgehead atoms. The highest BCUT2D eigenvalue weighted by atomic mass is 16.3. The third-order valence-electron chi connectivity index (χ3n) is 4.26. The maximum Gasteiger partial charge on any atom is 0.319 e. The van der Waals surface area contributed by atoms with Gasteiger partial charge < -0.3 is 21.1 Å². The van der Waals surface area contributed by atoms with Crippen molar-refractivity contribution in [1.82, 2.24) is 10.6 Å². The summed E-state index contributed by atoms with van der Waals surface area (Å²) in [5, 5.41) is 17.8. The molecule has 0 saturated carbocycles. The van der Waals surface area contributed by atoms with Gasteiger partial charge in [0.2, 0.25) is 0 Å². The fourth-order valence-corrected chi connectivity index (χ4v) is 2.61. The zero-order valence-electron chi connectivity index (χ0n) is 16.7. The van der Waals surface area contributed by atoms with E-state index in [0.717, 1.165) is 18.4 Å². The largest absolute Gasteiger partial charge is 0.508 e. The van der Waals surface area contributed by atoms with Crippen molar-refractivity contribution in [3.05, 3.63) is 59.7 Å². The molecule has 0 saturated heterocycles. The lowest BCUT2D eigenvalue weighted by molar-refractivity contribution is 0.0949. The fraction of sp³-hybridized carbons (Fsp3) is 0.364. The van der Waals surface area contributed by atoms with E-state index in [0.29, 0.717) is 23.7 Å². The number of anilines is 1. The van der Waals surface area contributed by atoms with Crippen molar-refractivity contribution in [2.45, 2.75) is 39.7 Å². The predicted octanol–water partition coefficient (Wildman–Crippen LogP) is 3.92. The van der Waals surface area contributed by atoms with Gasteiger partial charge in [-0.3, -0.25) is 4.79 Å². The molecule has 2 aromatic rings. The van der Waals surface area contributed by atoms with Gasteiger partial charge in [-0.2, -0.15) is 0 Å². The molecule has 6 heteroatoms. The summed E-state index contributed by atoms with van der Waals surface area (Å²) in [6.07, 6.45) is 1.59. The maximum atomic E-state index is 12.1. The van der Waals surface area contributed by atoms with Gasteiger partial charge in [0.25, 0.3) is 5.91 Å². The van der Waals surface area contributed by atoms with E-state index < -0.39 is 0 Å². The van der Waals surface area contributed by atoms with Gasteiger partial charge in [0, 0.05) is 23.8 Å².